The molecule has 2 heteroatoms. The molecule has 1 heterocycles. The van der Waals surface area contributed by atoms with E-state index >= 15 is 0 Å². The van der Waals surface area contributed by atoms with E-state index in [-0.39, 0.29) is 0 Å². The zero-order chi connectivity index (χ0) is 11.4. The topological polar surface area (TPSA) is 23.3 Å². The fraction of sp³-hybridized carbons (Fsp3) is 0.571. The van der Waals surface area contributed by atoms with Crippen LogP contribution in [0, 0.1) is 0 Å². The van der Waals surface area contributed by atoms with E-state index in [9.17, 15) is 0 Å². The van der Waals surface area contributed by atoms with Crippen LogP contribution in [0.1, 0.15) is 38.2 Å². The van der Waals surface area contributed by atoms with Gasteiger partial charge >= 0.3 is 0 Å². The Morgan fingerprint density at radius 1 is 1.25 bits per heavy atom. The summed E-state index contributed by atoms with van der Waals surface area (Å²) in [6, 6.07) is 8.46. The predicted octanol–water partition coefficient (Wildman–Crippen LogP) is 2.96. The van der Waals surface area contributed by atoms with Gasteiger partial charge in [-0.25, -0.2) is 5.32 Å². The Morgan fingerprint density at radius 3 is 2.69 bits per heavy atom. The van der Waals surface area contributed by atoms with Gasteiger partial charge < -0.3 is 4.74 Å². The van der Waals surface area contributed by atoms with Crippen LogP contribution >= 0.6 is 0 Å². The maximum Gasteiger partial charge on any atom is 0.120 e. The van der Waals surface area contributed by atoms with Crippen molar-refractivity contribution in [2.24, 2.45) is 0 Å². The van der Waals surface area contributed by atoms with Gasteiger partial charge in [0.2, 0.25) is 0 Å². The molecule has 1 aromatic rings. The van der Waals surface area contributed by atoms with Crippen LogP contribution in [-0.2, 0) is 0 Å². The van der Waals surface area contributed by atoms with Gasteiger partial charge in [-0.15, -0.1) is 0 Å². The molecule has 2 nitrogen and oxygen atoms in total. The number of rotatable bonds is 3. The highest BCUT2D eigenvalue weighted by Gasteiger charge is 2.15. The minimum absolute atomic E-state index is 0.361. The Kier molecular flexibility index (Phi) is 3.83. The summed E-state index contributed by atoms with van der Waals surface area (Å²) < 4.78 is 5.99. The largest absolute Gasteiger partial charge is 0.490 e. The summed E-state index contributed by atoms with van der Waals surface area (Å²) in [4.78, 5) is 0. The molecular weight excluding hydrogens is 198 g/mol. The van der Waals surface area contributed by atoms with Gasteiger partial charge in [-0.2, -0.15) is 0 Å². The number of nitrogens with zero attached hydrogens (tertiary/aromatic N) is 1. The van der Waals surface area contributed by atoms with Crippen LogP contribution in [0.15, 0.2) is 24.3 Å². The summed E-state index contributed by atoms with van der Waals surface area (Å²) in [5, 5.41) is 4.33. The zero-order valence-corrected chi connectivity index (χ0v) is 10.1. The maximum absolute atomic E-state index is 5.99. The molecule has 0 bridgehead atoms. The van der Waals surface area contributed by atoms with Crippen molar-refractivity contribution in [1.29, 1.82) is 0 Å². The highest BCUT2D eigenvalue weighted by Crippen LogP contribution is 2.22. The van der Waals surface area contributed by atoms with E-state index in [1.165, 1.54) is 5.56 Å². The van der Waals surface area contributed by atoms with Crippen LogP contribution in [0.3, 0.4) is 0 Å². The van der Waals surface area contributed by atoms with E-state index in [1.54, 1.807) is 0 Å². The minimum atomic E-state index is 0.361. The summed E-state index contributed by atoms with van der Waals surface area (Å²) in [5.41, 5.74) is 1.35. The Labute approximate surface area is 98.0 Å². The van der Waals surface area contributed by atoms with Crippen LogP contribution in [0.5, 0.6) is 5.75 Å². The molecule has 1 saturated heterocycles. The van der Waals surface area contributed by atoms with E-state index in [0.29, 0.717) is 12.0 Å². The molecule has 1 aromatic carbocycles. The number of hydrogen-bond donors (Lipinski definition) is 0. The molecule has 0 saturated carbocycles. The lowest BCUT2D eigenvalue weighted by atomic mass is 10.0. The molecule has 0 amide bonds. The summed E-state index contributed by atoms with van der Waals surface area (Å²) in [7, 11) is 0. The normalized spacial score (nSPS) is 17.7. The molecular formula is C14H20NO. The van der Waals surface area contributed by atoms with Crippen molar-refractivity contribution in [1.82, 2.24) is 5.32 Å². The van der Waals surface area contributed by atoms with Crippen LogP contribution in [-0.4, -0.2) is 19.2 Å². The molecule has 1 aliphatic rings. The van der Waals surface area contributed by atoms with Gasteiger partial charge in [-0.05, 0) is 36.5 Å². The highest BCUT2D eigenvalue weighted by atomic mass is 16.5. The molecule has 1 fully saturated rings. The van der Waals surface area contributed by atoms with E-state index < -0.39 is 0 Å². The van der Waals surface area contributed by atoms with E-state index in [2.05, 4.69) is 43.4 Å². The van der Waals surface area contributed by atoms with Gasteiger partial charge in [-0.1, -0.05) is 26.0 Å². The van der Waals surface area contributed by atoms with E-state index in [1.807, 2.05) is 0 Å². The average Bonchev–Trinajstić information content (AvgIpc) is 2.30. The van der Waals surface area contributed by atoms with Crippen molar-refractivity contribution in [3.8, 4) is 5.75 Å². The number of piperidine rings is 1. The third-order valence-electron chi connectivity index (χ3n) is 3.05. The van der Waals surface area contributed by atoms with Crippen molar-refractivity contribution in [3.63, 3.8) is 0 Å². The zero-order valence-electron chi connectivity index (χ0n) is 10.1. The van der Waals surface area contributed by atoms with Crippen LogP contribution in [0.25, 0.3) is 0 Å². The first-order chi connectivity index (χ1) is 7.75. The fourth-order valence-corrected chi connectivity index (χ4v) is 1.98. The second-order valence-corrected chi connectivity index (χ2v) is 4.72. The maximum atomic E-state index is 5.99. The lowest BCUT2D eigenvalue weighted by Crippen LogP contribution is -2.30. The molecule has 0 N–H and O–H groups in total. The van der Waals surface area contributed by atoms with Crippen molar-refractivity contribution in [2.75, 3.05) is 13.1 Å². The molecule has 1 aliphatic heterocycles. The minimum Gasteiger partial charge on any atom is -0.490 e. The first-order valence-electron chi connectivity index (χ1n) is 6.15. The molecule has 0 atom stereocenters. The quantitative estimate of drug-likeness (QED) is 0.765. The van der Waals surface area contributed by atoms with Gasteiger partial charge in [0.05, 0.1) is 0 Å². The van der Waals surface area contributed by atoms with Gasteiger partial charge in [0, 0.05) is 13.1 Å². The predicted molar refractivity (Wildman–Crippen MR) is 66.0 cm³/mol. The lowest BCUT2D eigenvalue weighted by Gasteiger charge is -2.23. The first-order valence-corrected chi connectivity index (χ1v) is 6.15. The smallest absolute Gasteiger partial charge is 0.120 e. The number of ether oxygens (including phenoxy) is 1. The average molecular weight is 218 g/mol. The van der Waals surface area contributed by atoms with Gasteiger partial charge in [0.1, 0.15) is 11.9 Å². The monoisotopic (exact) mass is 218 g/mol. The highest BCUT2D eigenvalue weighted by molar-refractivity contribution is 5.30. The molecule has 0 aliphatic carbocycles. The van der Waals surface area contributed by atoms with Crippen molar-refractivity contribution in [3.05, 3.63) is 29.8 Å². The second kappa shape index (κ2) is 5.35. The van der Waals surface area contributed by atoms with Crippen molar-refractivity contribution in [2.45, 2.75) is 38.7 Å². The van der Waals surface area contributed by atoms with E-state index in [4.69, 9.17) is 4.74 Å². The van der Waals surface area contributed by atoms with Gasteiger partial charge in [-0.3, -0.25) is 0 Å². The Balaban J connectivity index is 2.00. The summed E-state index contributed by atoms with van der Waals surface area (Å²) in [6.07, 6.45) is 2.48. The number of hydrogen-bond acceptors (Lipinski definition) is 1. The Morgan fingerprint density at radius 2 is 2.00 bits per heavy atom. The molecule has 1 radical (unpaired) electrons. The van der Waals surface area contributed by atoms with Crippen molar-refractivity contribution >= 4 is 0 Å². The summed E-state index contributed by atoms with van der Waals surface area (Å²) in [5.74, 6) is 1.57. The first kappa shape index (κ1) is 11.5. The molecule has 0 unspecified atom stereocenters. The Hall–Kier alpha value is -1.02. The Bertz CT molecular complexity index is 329. The van der Waals surface area contributed by atoms with Crippen LogP contribution in [0.2, 0.25) is 0 Å². The van der Waals surface area contributed by atoms with Gasteiger partial charge in [0.25, 0.3) is 0 Å². The lowest BCUT2D eigenvalue weighted by molar-refractivity contribution is 0.161. The second-order valence-electron chi connectivity index (χ2n) is 4.72. The summed E-state index contributed by atoms with van der Waals surface area (Å²) in [6.45, 7) is 6.32. The molecule has 0 spiro atoms. The number of benzene rings is 1. The molecule has 0 aromatic heterocycles. The SMILES string of the molecule is CC(C)c1cccc(OC2CC[N]CC2)c1. The summed E-state index contributed by atoms with van der Waals surface area (Å²) >= 11 is 0. The standard InChI is InChI=1S/C14H20NO/c1-11(2)12-4-3-5-14(10-12)16-13-6-8-15-9-7-13/h3-5,10-11,13H,6-9H2,1-2H3. The molecule has 87 valence electrons. The van der Waals surface area contributed by atoms with Crippen molar-refractivity contribution < 1.29 is 4.74 Å². The molecule has 2 rings (SSSR count). The van der Waals surface area contributed by atoms with Crippen LogP contribution in [0.4, 0.5) is 0 Å². The fourth-order valence-electron chi connectivity index (χ4n) is 1.98. The van der Waals surface area contributed by atoms with Gasteiger partial charge in [0.15, 0.2) is 0 Å². The molecule has 16 heavy (non-hydrogen) atoms. The third kappa shape index (κ3) is 2.99. The van der Waals surface area contributed by atoms with Crippen LogP contribution < -0.4 is 10.1 Å². The third-order valence-corrected chi connectivity index (χ3v) is 3.05. The van der Waals surface area contributed by atoms with E-state index in [0.717, 1.165) is 31.7 Å².